The summed E-state index contributed by atoms with van der Waals surface area (Å²) in [4.78, 5) is 13.4. The van der Waals surface area contributed by atoms with Crippen LogP contribution < -0.4 is 5.73 Å². The largest absolute Gasteiger partial charge is 0.480 e. The zero-order valence-electron chi connectivity index (χ0n) is 11.3. The summed E-state index contributed by atoms with van der Waals surface area (Å²) in [5.74, 6) is -0.164. The number of nitrogens with zero attached hydrogens (tertiary/aromatic N) is 1. The fourth-order valence-electron chi connectivity index (χ4n) is 2.49. The Morgan fingerprint density at radius 3 is 2.76 bits per heavy atom. The molecule has 4 heteroatoms. The number of aliphatic carboxylic acids is 1. The maximum Gasteiger partial charge on any atom is 0.323 e. The molecule has 1 aliphatic carbocycles. The predicted octanol–water partition coefficient (Wildman–Crippen LogP) is 1.69. The first-order valence-corrected chi connectivity index (χ1v) is 6.57. The van der Waals surface area contributed by atoms with Gasteiger partial charge in [0.1, 0.15) is 5.54 Å². The zero-order valence-corrected chi connectivity index (χ0v) is 11.3. The van der Waals surface area contributed by atoms with Gasteiger partial charge in [-0.05, 0) is 51.6 Å². The molecule has 0 aromatic rings. The van der Waals surface area contributed by atoms with E-state index in [1.165, 1.54) is 0 Å². The van der Waals surface area contributed by atoms with Crippen molar-refractivity contribution in [1.82, 2.24) is 4.90 Å². The standard InChI is InChI=1S/C13H26N2O2/c1-10(2)6-8-15(3)11-5-4-7-13(14,9-11)12(16)17/h10-11H,4-9,14H2,1-3H3,(H,16,17). The van der Waals surface area contributed by atoms with Crippen molar-refractivity contribution < 1.29 is 9.90 Å². The number of carboxylic acid groups (broad SMARTS) is 1. The topological polar surface area (TPSA) is 66.6 Å². The minimum atomic E-state index is -1.00. The number of hydrogen-bond acceptors (Lipinski definition) is 3. The molecule has 0 bridgehead atoms. The van der Waals surface area contributed by atoms with Gasteiger partial charge in [0.05, 0.1) is 0 Å². The number of rotatable bonds is 5. The summed E-state index contributed by atoms with van der Waals surface area (Å²) in [5.41, 5.74) is 4.95. The van der Waals surface area contributed by atoms with Gasteiger partial charge in [0.2, 0.25) is 0 Å². The third-order valence-electron chi connectivity index (χ3n) is 3.87. The van der Waals surface area contributed by atoms with E-state index in [4.69, 9.17) is 5.73 Å². The van der Waals surface area contributed by atoms with Crippen LogP contribution in [-0.4, -0.2) is 41.1 Å². The van der Waals surface area contributed by atoms with E-state index < -0.39 is 11.5 Å². The lowest BCUT2D eigenvalue weighted by Gasteiger charge is -2.39. The van der Waals surface area contributed by atoms with E-state index in [1.54, 1.807) is 0 Å². The third-order valence-corrected chi connectivity index (χ3v) is 3.87. The van der Waals surface area contributed by atoms with Crippen LogP contribution in [0.25, 0.3) is 0 Å². The summed E-state index contributed by atoms with van der Waals surface area (Å²) >= 11 is 0. The van der Waals surface area contributed by atoms with Gasteiger partial charge in [0.15, 0.2) is 0 Å². The van der Waals surface area contributed by atoms with E-state index in [9.17, 15) is 9.90 Å². The van der Waals surface area contributed by atoms with Crippen LogP contribution in [0.4, 0.5) is 0 Å². The van der Waals surface area contributed by atoms with Gasteiger partial charge < -0.3 is 15.7 Å². The highest BCUT2D eigenvalue weighted by molar-refractivity contribution is 5.78. The van der Waals surface area contributed by atoms with Gasteiger partial charge in [0, 0.05) is 6.04 Å². The van der Waals surface area contributed by atoms with Gasteiger partial charge >= 0.3 is 5.97 Å². The first kappa shape index (κ1) is 14.5. The predicted molar refractivity (Wildman–Crippen MR) is 68.9 cm³/mol. The molecule has 17 heavy (non-hydrogen) atoms. The lowest BCUT2D eigenvalue weighted by Crippen LogP contribution is -2.55. The highest BCUT2D eigenvalue weighted by Crippen LogP contribution is 2.29. The van der Waals surface area contributed by atoms with Gasteiger partial charge in [-0.3, -0.25) is 4.79 Å². The van der Waals surface area contributed by atoms with Crippen LogP contribution >= 0.6 is 0 Å². The second-order valence-corrected chi connectivity index (χ2v) is 5.87. The van der Waals surface area contributed by atoms with Crippen LogP contribution in [0.5, 0.6) is 0 Å². The van der Waals surface area contributed by atoms with Gasteiger partial charge in [-0.1, -0.05) is 13.8 Å². The molecule has 0 radical (unpaired) electrons. The minimum Gasteiger partial charge on any atom is -0.480 e. The highest BCUT2D eigenvalue weighted by Gasteiger charge is 2.40. The van der Waals surface area contributed by atoms with Crippen molar-refractivity contribution in [2.24, 2.45) is 11.7 Å². The first-order chi connectivity index (χ1) is 7.85. The molecule has 0 amide bonds. The Morgan fingerprint density at radius 1 is 1.59 bits per heavy atom. The van der Waals surface area contributed by atoms with Crippen molar-refractivity contribution in [2.45, 2.75) is 57.5 Å². The summed E-state index contributed by atoms with van der Waals surface area (Å²) in [5, 5.41) is 9.17. The van der Waals surface area contributed by atoms with Crippen molar-refractivity contribution in [1.29, 1.82) is 0 Å². The van der Waals surface area contributed by atoms with Gasteiger partial charge in [0.25, 0.3) is 0 Å². The lowest BCUT2D eigenvalue weighted by atomic mass is 9.79. The molecule has 1 fully saturated rings. The Bertz CT molecular complexity index is 268. The average Bonchev–Trinajstić information content (AvgIpc) is 2.25. The number of carbonyl (C=O) groups is 1. The number of carboxylic acids is 1. The van der Waals surface area contributed by atoms with E-state index in [1.807, 2.05) is 0 Å². The van der Waals surface area contributed by atoms with Crippen molar-refractivity contribution in [3.05, 3.63) is 0 Å². The Hall–Kier alpha value is -0.610. The third kappa shape index (κ3) is 3.96. The average molecular weight is 242 g/mol. The van der Waals surface area contributed by atoms with E-state index in [0.717, 1.165) is 25.8 Å². The van der Waals surface area contributed by atoms with E-state index in [2.05, 4.69) is 25.8 Å². The van der Waals surface area contributed by atoms with Crippen molar-refractivity contribution in [3.63, 3.8) is 0 Å². The molecule has 2 atom stereocenters. The Balaban J connectivity index is 2.51. The molecular weight excluding hydrogens is 216 g/mol. The van der Waals surface area contributed by atoms with Crippen molar-refractivity contribution in [3.8, 4) is 0 Å². The van der Waals surface area contributed by atoms with E-state index >= 15 is 0 Å². The lowest BCUT2D eigenvalue weighted by molar-refractivity contribution is -0.145. The molecule has 1 rings (SSSR count). The second kappa shape index (κ2) is 5.83. The van der Waals surface area contributed by atoms with Crippen LogP contribution in [-0.2, 0) is 4.79 Å². The monoisotopic (exact) mass is 242 g/mol. The molecule has 0 spiro atoms. The van der Waals surface area contributed by atoms with Crippen molar-refractivity contribution in [2.75, 3.05) is 13.6 Å². The summed E-state index contributed by atoms with van der Waals surface area (Å²) in [6.45, 7) is 5.44. The van der Waals surface area contributed by atoms with Gasteiger partial charge in [-0.2, -0.15) is 0 Å². The smallest absolute Gasteiger partial charge is 0.323 e. The van der Waals surface area contributed by atoms with Gasteiger partial charge in [-0.25, -0.2) is 0 Å². The van der Waals surface area contributed by atoms with E-state index in [0.29, 0.717) is 24.8 Å². The van der Waals surface area contributed by atoms with Crippen molar-refractivity contribution >= 4 is 5.97 Å². The highest BCUT2D eigenvalue weighted by atomic mass is 16.4. The molecule has 4 nitrogen and oxygen atoms in total. The van der Waals surface area contributed by atoms with Crippen LogP contribution in [0.3, 0.4) is 0 Å². The molecular formula is C13H26N2O2. The Morgan fingerprint density at radius 2 is 2.24 bits per heavy atom. The molecule has 0 saturated heterocycles. The number of nitrogens with two attached hydrogens (primary N) is 1. The first-order valence-electron chi connectivity index (χ1n) is 6.57. The second-order valence-electron chi connectivity index (χ2n) is 5.87. The molecule has 100 valence electrons. The molecule has 2 unspecified atom stereocenters. The number of hydrogen-bond donors (Lipinski definition) is 2. The fraction of sp³-hybridized carbons (Fsp3) is 0.923. The van der Waals surface area contributed by atoms with Crippen LogP contribution in [0, 0.1) is 5.92 Å². The normalized spacial score (nSPS) is 29.9. The zero-order chi connectivity index (χ0) is 13.1. The summed E-state index contributed by atoms with van der Waals surface area (Å²) in [6, 6.07) is 0.323. The Kier molecular flexibility index (Phi) is 4.95. The SMILES string of the molecule is CC(C)CCN(C)C1CCCC(N)(C(=O)O)C1. The van der Waals surface area contributed by atoms with E-state index in [-0.39, 0.29) is 0 Å². The van der Waals surface area contributed by atoms with Gasteiger partial charge in [-0.15, -0.1) is 0 Å². The maximum absolute atomic E-state index is 11.2. The molecule has 0 aliphatic heterocycles. The fourth-order valence-corrected chi connectivity index (χ4v) is 2.49. The maximum atomic E-state index is 11.2. The van der Waals surface area contributed by atoms with Crippen LogP contribution in [0.15, 0.2) is 0 Å². The van der Waals surface area contributed by atoms with Crippen LogP contribution in [0.1, 0.15) is 46.0 Å². The summed E-state index contributed by atoms with van der Waals surface area (Å²) in [6.07, 6.45) is 4.33. The molecule has 1 saturated carbocycles. The Labute approximate surface area is 104 Å². The molecule has 0 heterocycles. The molecule has 3 N–H and O–H groups in total. The molecule has 1 aliphatic rings. The van der Waals surface area contributed by atoms with Crippen LogP contribution in [0.2, 0.25) is 0 Å². The minimum absolute atomic E-state index is 0.323. The summed E-state index contributed by atoms with van der Waals surface area (Å²) in [7, 11) is 2.08. The molecule has 0 aromatic carbocycles. The quantitative estimate of drug-likeness (QED) is 0.770. The summed E-state index contributed by atoms with van der Waals surface area (Å²) < 4.78 is 0. The molecule has 0 aromatic heterocycles.